The smallest absolute Gasteiger partial charge is 0.342 e. The maximum absolute atomic E-state index is 12.8. The molecule has 0 aliphatic heterocycles. The van der Waals surface area contributed by atoms with Gasteiger partial charge in [-0.1, -0.05) is 0 Å². The van der Waals surface area contributed by atoms with Gasteiger partial charge in [-0.2, -0.15) is 23.1 Å². The number of pyridine rings is 2. The van der Waals surface area contributed by atoms with Gasteiger partial charge in [0, 0.05) is 18.6 Å². The zero-order valence-corrected chi connectivity index (χ0v) is 15.3. The van der Waals surface area contributed by atoms with Gasteiger partial charge in [-0.05, 0) is 32.0 Å². The minimum Gasteiger partial charge on any atom is -0.342 e. The van der Waals surface area contributed by atoms with Gasteiger partial charge >= 0.3 is 6.18 Å². The molecule has 1 N–H and O–H groups in total. The maximum Gasteiger partial charge on any atom is 0.417 e. The Morgan fingerprint density at radius 2 is 2.03 bits per heavy atom. The van der Waals surface area contributed by atoms with Crippen LogP contribution in [0.25, 0.3) is 5.82 Å². The third kappa shape index (κ3) is 4.37. The molecule has 0 aliphatic rings. The number of nitriles is 1. The molecule has 0 fully saturated rings. The first kappa shape index (κ1) is 19.9. The Morgan fingerprint density at radius 1 is 1.28 bits per heavy atom. The monoisotopic (exact) mass is 401 g/mol. The molecule has 0 bridgehead atoms. The second kappa shape index (κ2) is 7.67. The SMILES string of the molecule is Cc1nc([C@H](C)NC(=O)c2cncc(C(F)(F)F)c2)n(-c2ccc(C#N)cn2)n1. The zero-order valence-electron chi connectivity index (χ0n) is 15.3. The van der Waals surface area contributed by atoms with Crippen molar-refractivity contribution < 1.29 is 18.0 Å². The van der Waals surface area contributed by atoms with Crippen LogP contribution in [-0.4, -0.2) is 30.6 Å². The Morgan fingerprint density at radius 3 is 2.66 bits per heavy atom. The van der Waals surface area contributed by atoms with E-state index < -0.39 is 23.7 Å². The summed E-state index contributed by atoms with van der Waals surface area (Å²) in [6.07, 6.45) is -1.53. The molecule has 11 heteroatoms. The summed E-state index contributed by atoms with van der Waals surface area (Å²) in [5.41, 5.74) is -0.880. The topological polar surface area (TPSA) is 109 Å². The minimum absolute atomic E-state index is 0.231. The lowest BCUT2D eigenvalue weighted by Gasteiger charge is -2.15. The summed E-state index contributed by atoms with van der Waals surface area (Å²) in [4.78, 5) is 24.3. The predicted molar refractivity (Wildman–Crippen MR) is 93.7 cm³/mol. The molecule has 0 aromatic carbocycles. The van der Waals surface area contributed by atoms with Crippen molar-refractivity contribution in [2.24, 2.45) is 0 Å². The summed E-state index contributed by atoms with van der Waals surface area (Å²) >= 11 is 0. The van der Waals surface area contributed by atoms with Gasteiger partial charge in [-0.3, -0.25) is 9.78 Å². The van der Waals surface area contributed by atoms with Gasteiger partial charge in [0.25, 0.3) is 5.91 Å². The fourth-order valence-corrected chi connectivity index (χ4v) is 2.52. The highest BCUT2D eigenvalue weighted by Gasteiger charge is 2.31. The molecule has 3 aromatic rings. The first-order valence-electron chi connectivity index (χ1n) is 8.32. The van der Waals surface area contributed by atoms with Gasteiger partial charge in [0.15, 0.2) is 11.6 Å². The van der Waals surface area contributed by atoms with Crippen LogP contribution >= 0.6 is 0 Å². The molecule has 0 unspecified atom stereocenters. The molecular weight excluding hydrogens is 387 g/mol. The quantitative estimate of drug-likeness (QED) is 0.720. The van der Waals surface area contributed by atoms with Gasteiger partial charge in [0.05, 0.1) is 22.7 Å². The van der Waals surface area contributed by atoms with E-state index in [1.54, 1.807) is 26.0 Å². The van der Waals surface area contributed by atoms with Crippen LogP contribution in [0.1, 0.15) is 46.1 Å². The van der Waals surface area contributed by atoms with Crippen LogP contribution in [0, 0.1) is 18.3 Å². The second-order valence-electron chi connectivity index (χ2n) is 6.10. The highest BCUT2D eigenvalue weighted by Crippen LogP contribution is 2.29. The molecule has 0 spiro atoms. The maximum atomic E-state index is 12.8. The van der Waals surface area contributed by atoms with E-state index >= 15 is 0 Å². The Bertz CT molecular complexity index is 1080. The van der Waals surface area contributed by atoms with Crippen molar-refractivity contribution >= 4 is 5.91 Å². The number of carbonyl (C=O) groups is 1. The highest BCUT2D eigenvalue weighted by atomic mass is 19.4. The average molecular weight is 401 g/mol. The van der Waals surface area contributed by atoms with E-state index in [2.05, 4.69) is 25.4 Å². The molecule has 0 aliphatic carbocycles. The van der Waals surface area contributed by atoms with Crippen LogP contribution in [0.4, 0.5) is 13.2 Å². The standard InChI is InChI=1S/C18H14F3N7O/c1-10(25-17(29)13-5-14(9-23-8-13)18(19,20)21)16-26-11(2)27-28(16)15-4-3-12(6-22)7-24-15/h3-5,7-10H,1-2H3,(H,25,29)/t10-/m0/s1. The van der Waals surface area contributed by atoms with Crippen molar-refractivity contribution in [3.63, 3.8) is 0 Å². The number of amides is 1. The van der Waals surface area contributed by atoms with E-state index in [0.29, 0.717) is 29.2 Å². The fraction of sp³-hybridized carbons (Fsp3) is 0.222. The molecule has 3 heterocycles. The van der Waals surface area contributed by atoms with Gasteiger partial charge in [-0.25, -0.2) is 9.97 Å². The van der Waals surface area contributed by atoms with E-state index in [4.69, 9.17) is 5.26 Å². The molecule has 0 saturated carbocycles. The van der Waals surface area contributed by atoms with Gasteiger partial charge in [0.2, 0.25) is 0 Å². The predicted octanol–water partition coefficient (Wildman–Crippen LogP) is 2.75. The third-order valence-corrected chi connectivity index (χ3v) is 3.89. The number of aryl methyl sites for hydroxylation is 1. The third-order valence-electron chi connectivity index (χ3n) is 3.89. The number of aromatic nitrogens is 5. The molecule has 3 rings (SSSR count). The fourth-order valence-electron chi connectivity index (χ4n) is 2.52. The van der Waals surface area contributed by atoms with Crippen molar-refractivity contribution in [1.29, 1.82) is 5.26 Å². The molecule has 0 radical (unpaired) electrons. The van der Waals surface area contributed by atoms with E-state index in [1.165, 1.54) is 10.9 Å². The van der Waals surface area contributed by atoms with Gasteiger partial charge in [-0.15, -0.1) is 5.10 Å². The normalized spacial score (nSPS) is 12.3. The molecular formula is C18H14F3N7O. The van der Waals surface area contributed by atoms with Crippen LogP contribution < -0.4 is 5.32 Å². The lowest BCUT2D eigenvalue weighted by molar-refractivity contribution is -0.137. The van der Waals surface area contributed by atoms with Crippen molar-refractivity contribution in [2.45, 2.75) is 26.1 Å². The Balaban J connectivity index is 1.85. The van der Waals surface area contributed by atoms with Gasteiger partial charge < -0.3 is 5.32 Å². The number of rotatable bonds is 4. The summed E-state index contributed by atoms with van der Waals surface area (Å²) in [6.45, 7) is 3.26. The van der Waals surface area contributed by atoms with Crippen molar-refractivity contribution in [3.8, 4) is 11.9 Å². The Kier molecular flexibility index (Phi) is 5.27. The van der Waals surface area contributed by atoms with E-state index in [0.717, 1.165) is 12.3 Å². The summed E-state index contributed by atoms with van der Waals surface area (Å²) in [5, 5.41) is 15.7. The Hall–Kier alpha value is -3.81. The van der Waals surface area contributed by atoms with Crippen LogP contribution in [0.5, 0.6) is 0 Å². The lowest BCUT2D eigenvalue weighted by Crippen LogP contribution is -2.29. The molecule has 1 atom stereocenters. The summed E-state index contributed by atoms with van der Waals surface area (Å²) in [5.74, 6) is 0.374. The number of nitrogens with zero attached hydrogens (tertiary/aromatic N) is 6. The Labute approximate surface area is 163 Å². The number of hydrogen-bond acceptors (Lipinski definition) is 6. The number of carbonyl (C=O) groups excluding carboxylic acids is 1. The van der Waals surface area contributed by atoms with Crippen LogP contribution in [0.3, 0.4) is 0 Å². The number of alkyl halides is 3. The van der Waals surface area contributed by atoms with Crippen molar-refractivity contribution in [3.05, 3.63) is 65.1 Å². The van der Waals surface area contributed by atoms with Crippen LogP contribution in [0.15, 0.2) is 36.8 Å². The van der Waals surface area contributed by atoms with Gasteiger partial charge in [0.1, 0.15) is 11.9 Å². The first-order valence-corrected chi connectivity index (χ1v) is 8.32. The average Bonchev–Trinajstić information content (AvgIpc) is 3.09. The van der Waals surface area contributed by atoms with E-state index in [-0.39, 0.29) is 5.56 Å². The minimum atomic E-state index is -4.60. The molecule has 0 saturated heterocycles. The van der Waals surface area contributed by atoms with Crippen molar-refractivity contribution in [2.75, 3.05) is 0 Å². The summed E-state index contributed by atoms with van der Waals surface area (Å²) in [7, 11) is 0. The summed E-state index contributed by atoms with van der Waals surface area (Å²) in [6, 6.07) is 5.11. The zero-order chi connectivity index (χ0) is 21.2. The molecule has 3 aromatic heterocycles. The van der Waals surface area contributed by atoms with E-state index in [1.807, 2.05) is 6.07 Å². The molecule has 29 heavy (non-hydrogen) atoms. The second-order valence-corrected chi connectivity index (χ2v) is 6.10. The highest BCUT2D eigenvalue weighted by molar-refractivity contribution is 5.94. The first-order chi connectivity index (χ1) is 13.7. The van der Waals surface area contributed by atoms with Crippen molar-refractivity contribution in [1.82, 2.24) is 30.0 Å². The van der Waals surface area contributed by atoms with Crippen LogP contribution in [0.2, 0.25) is 0 Å². The molecule has 8 nitrogen and oxygen atoms in total. The number of nitrogens with one attached hydrogen (secondary N) is 1. The van der Waals surface area contributed by atoms with Crippen LogP contribution in [-0.2, 0) is 6.18 Å². The lowest BCUT2D eigenvalue weighted by atomic mass is 10.2. The largest absolute Gasteiger partial charge is 0.417 e. The van der Waals surface area contributed by atoms with E-state index in [9.17, 15) is 18.0 Å². The molecule has 148 valence electrons. The molecule has 1 amide bonds. The number of hydrogen-bond donors (Lipinski definition) is 1. The number of halogens is 3. The summed E-state index contributed by atoms with van der Waals surface area (Å²) < 4.78 is 39.9.